The molecule has 0 spiro atoms. The second-order valence-electron chi connectivity index (χ2n) is 8.27. The van der Waals surface area contributed by atoms with E-state index in [1.807, 2.05) is 52.8 Å². The lowest BCUT2D eigenvalue weighted by molar-refractivity contribution is 0.0918. The summed E-state index contributed by atoms with van der Waals surface area (Å²) in [5, 5.41) is 3.26. The standard InChI is InChI=1S/C25H29N3O.2C2H6/c1-17-15-23(24(27-17)22-9-6-14-26-16-22)25(29)28-18(2)19-10-12-21(13-11-19)20-7-4-3-5-8-20;2*1-2/h3-9,14-16,18-19,21,27H,10-13H2,1-2H3,(H,28,29);2*1-2H3. The molecule has 1 saturated carbocycles. The molecule has 3 aromatic rings. The van der Waals surface area contributed by atoms with Crippen LogP contribution in [0.1, 0.15) is 87.8 Å². The Balaban J connectivity index is 0.000000914. The molecule has 1 atom stereocenters. The van der Waals surface area contributed by atoms with E-state index >= 15 is 0 Å². The lowest BCUT2D eigenvalue weighted by Gasteiger charge is -2.33. The first kappa shape index (κ1) is 26.4. The smallest absolute Gasteiger partial charge is 0.253 e. The Bertz CT molecular complexity index is 942. The Morgan fingerprint density at radius 2 is 1.67 bits per heavy atom. The third-order valence-corrected chi connectivity index (χ3v) is 6.26. The Hall–Kier alpha value is -2.88. The van der Waals surface area contributed by atoms with Crippen molar-refractivity contribution in [3.63, 3.8) is 0 Å². The van der Waals surface area contributed by atoms with Gasteiger partial charge in [0.15, 0.2) is 0 Å². The summed E-state index contributed by atoms with van der Waals surface area (Å²) in [6.07, 6.45) is 8.23. The molecule has 1 aliphatic rings. The molecule has 2 aromatic heterocycles. The predicted molar refractivity (Wildman–Crippen MR) is 140 cm³/mol. The number of aromatic amines is 1. The van der Waals surface area contributed by atoms with Crippen LogP contribution in [0.15, 0.2) is 60.9 Å². The molecule has 178 valence electrons. The van der Waals surface area contributed by atoms with Gasteiger partial charge in [0.25, 0.3) is 5.91 Å². The van der Waals surface area contributed by atoms with Crippen molar-refractivity contribution in [3.05, 3.63) is 77.7 Å². The quantitative estimate of drug-likeness (QED) is 0.425. The molecule has 0 saturated heterocycles. The Morgan fingerprint density at radius 1 is 1.00 bits per heavy atom. The molecule has 1 amide bonds. The van der Waals surface area contributed by atoms with Crippen LogP contribution in [-0.4, -0.2) is 21.9 Å². The summed E-state index contributed by atoms with van der Waals surface area (Å²) in [5.41, 5.74) is 4.90. The molecule has 0 bridgehead atoms. The summed E-state index contributed by atoms with van der Waals surface area (Å²) in [4.78, 5) is 20.5. The number of aromatic nitrogens is 2. The van der Waals surface area contributed by atoms with E-state index in [9.17, 15) is 4.79 Å². The minimum absolute atomic E-state index is 0.00844. The van der Waals surface area contributed by atoms with Crippen LogP contribution in [0.3, 0.4) is 0 Å². The van der Waals surface area contributed by atoms with Crippen molar-refractivity contribution in [2.45, 2.75) is 79.2 Å². The number of amides is 1. The highest BCUT2D eigenvalue weighted by molar-refractivity contribution is 6.00. The molecule has 0 radical (unpaired) electrons. The van der Waals surface area contributed by atoms with E-state index < -0.39 is 0 Å². The SMILES string of the molecule is CC.CC.Cc1cc(C(=O)NC(C)C2CCC(c3ccccc3)CC2)c(-c2cccnc2)[nH]1. The number of H-pyrrole nitrogens is 1. The van der Waals surface area contributed by atoms with Crippen LogP contribution in [0.2, 0.25) is 0 Å². The first-order chi connectivity index (χ1) is 16.1. The zero-order chi connectivity index (χ0) is 24.2. The number of benzene rings is 1. The fraction of sp³-hybridized carbons (Fsp3) is 0.448. The van der Waals surface area contributed by atoms with E-state index in [2.05, 4.69) is 52.5 Å². The van der Waals surface area contributed by atoms with E-state index in [4.69, 9.17) is 0 Å². The highest BCUT2D eigenvalue weighted by Crippen LogP contribution is 2.37. The zero-order valence-corrected chi connectivity index (χ0v) is 21.2. The van der Waals surface area contributed by atoms with Gasteiger partial charge in [-0.3, -0.25) is 9.78 Å². The minimum atomic E-state index is -0.00844. The molecule has 4 heteroatoms. The summed E-state index contributed by atoms with van der Waals surface area (Å²) in [7, 11) is 0. The number of carbonyl (C=O) groups is 1. The van der Waals surface area contributed by atoms with Gasteiger partial charge in [-0.2, -0.15) is 0 Å². The topological polar surface area (TPSA) is 57.8 Å². The van der Waals surface area contributed by atoms with Gasteiger partial charge in [-0.05, 0) is 75.1 Å². The molecule has 1 aliphatic carbocycles. The van der Waals surface area contributed by atoms with Crippen LogP contribution < -0.4 is 5.32 Å². The molecule has 2 N–H and O–H groups in total. The zero-order valence-electron chi connectivity index (χ0n) is 21.2. The summed E-state index contributed by atoms with van der Waals surface area (Å²) in [6.45, 7) is 12.1. The van der Waals surface area contributed by atoms with Crippen molar-refractivity contribution in [1.82, 2.24) is 15.3 Å². The molecular formula is C29H41N3O. The molecule has 33 heavy (non-hydrogen) atoms. The number of nitrogens with zero attached hydrogens (tertiary/aromatic N) is 1. The summed E-state index contributed by atoms with van der Waals surface area (Å²) >= 11 is 0. The number of carbonyl (C=O) groups excluding carboxylic acids is 1. The lowest BCUT2D eigenvalue weighted by Crippen LogP contribution is -2.39. The summed E-state index contributed by atoms with van der Waals surface area (Å²) in [6, 6.07) is 16.8. The predicted octanol–water partition coefficient (Wildman–Crippen LogP) is 7.53. The van der Waals surface area contributed by atoms with Crippen LogP contribution in [-0.2, 0) is 0 Å². The second-order valence-corrected chi connectivity index (χ2v) is 8.27. The van der Waals surface area contributed by atoms with Crippen molar-refractivity contribution < 1.29 is 4.79 Å². The van der Waals surface area contributed by atoms with Crippen LogP contribution in [0, 0.1) is 12.8 Å². The van der Waals surface area contributed by atoms with Crippen molar-refractivity contribution in [1.29, 1.82) is 0 Å². The van der Waals surface area contributed by atoms with Gasteiger partial charge < -0.3 is 10.3 Å². The average Bonchev–Trinajstić information content (AvgIpc) is 3.29. The number of hydrogen-bond donors (Lipinski definition) is 2. The molecule has 4 rings (SSSR count). The normalized spacial score (nSPS) is 18.1. The Labute approximate surface area is 200 Å². The van der Waals surface area contributed by atoms with Crippen LogP contribution in [0.5, 0.6) is 0 Å². The molecule has 2 heterocycles. The maximum absolute atomic E-state index is 13.0. The highest BCUT2D eigenvalue weighted by atomic mass is 16.1. The third kappa shape index (κ3) is 7.05. The molecular weight excluding hydrogens is 406 g/mol. The number of rotatable bonds is 5. The fourth-order valence-electron chi connectivity index (χ4n) is 4.59. The lowest BCUT2D eigenvalue weighted by atomic mass is 9.76. The van der Waals surface area contributed by atoms with Crippen molar-refractivity contribution in [3.8, 4) is 11.3 Å². The van der Waals surface area contributed by atoms with Gasteiger partial charge in [0.1, 0.15) is 0 Å². The molecule has 1 unspecified atom stereocenters. The third-order valence-electron chi connectivity index (χ3n) is 6.26. The van der Waals surface area contributed by atoms with E-state index in [0.29, 0.717) is 17.4 Å². The maximum atomic E-state index is 13.0. The van der Waals surface area contributed by atoms with E-state index in [1.165, 1.54) is 18.4 Å². The molecule has 1 fully saturated rings. The maximum Gasteiger partial charge on any atom is 0.253 e. The van der Waals surface area contributed by atoms with Gasteiger partial charge in [-0.25, -0.2) is 0 Å². The van der Waals surface area contributed by atoms with E-state index in [-0.39, 0.29) is 11.9 Å². The number of aryl methyl sites for hydroxylation is 1. The average molecular weight is 448 g/mol. The number of hydrogen-bond acceptors (Lipinski definition) is 2. The first-order valence-corrected chi connectivity index (χ1v) is 12.6. The van der Waals surface area contributed by atoms with Crippen molar-refractivity contribution in [2.24, 2.45) is 5.92 Å². The molecule has 1 aromatic carbocycles. The van der Waals surface area contributed by atoms with Gasteiger partial charge in [-0.15, -0.1) is 0 Å². The van der Waals surface area contributed by atoms with Crippen LogP contribution in [0.4, 0.5) is 0 Å². The van der Waals surface area contributed by atoms with Gasteiger partial charge >= 0.3 is 0 Å². The number of pyridine rings is 1. The van der Waals surface area contributed by atoms with Gasteiger partial charge in [0.05, 0.1) is 11.3 Å². The monoisotopic (exact) mass is 447 g/mol. The Kier molecular flexibility index (Phi) is 10.9. The van der Waals surface area contributed by atoms with Gasteiger partial charge in [0.2, 0.25) is 0 Å². The summed E-state index contributed by atoms with van der Waals surface area (Å²) < 4.78 is 0. The van der Waals surface area contributed by atoms with Gasteiger partial charge in [0, 0.05) is 29.7 Å². The van der Waals surface area contributed by atoms with E-state index in [1.54, 1.807) is 12.4 Å². The minimum Gasteiger partial charge on any atom is -0.358 e. The molecule has 4 nitrogen and oxygen atoms in total. The Morgan fingerprint density at radius 3 is 2.27 bits per heavy atom. The van der Waals surface area contributed by atoms with Crippen molar-refractivity contribution in [2.75, 3.05) is 0 Å². The fourth-order valence-corrected chi connectivity index (χ4v) is 4.59. The van der Waals surface area contributed by atoms with Gasteiger partial charge in [-0.1, -0.05) is 58.0 Å². The number of nitrogens with one attached hydrogen (secondary N) is 2. The van der Waals surface area contributed by atoms with Crippen molar-refractivity contribution >= 4 is 5.91 Å². The summed E-state index contributed by atoms with van der Waals surface area (Å²) in [5.74, 6) is 1.17. The van der Waals surface area contributed by atoms with Crippen LogP contribution >= 0.6 is 0 Å². The highest BCUT2D eigenvalue weighted by Gasteiger charge is 2.27. The first-order valence-electron chi connectivity index (χ1n) is 12.6. The van der Waals surface area contributed by atoms with E-state index in [0.717, 1.165) is 29.8 Å². The molecule has 0 aliphatic heterocycles. The largest absolute Gasteiger partial charge is 0.358 e. The second kappa shape index (κ2) is 13.6. The van der Waals surface area contributed by atoms with Crippen LogP contribution in [0.25, 0.3) is 11.3 Å².